The Morgan fingerprint density at radius 1 is 1.08 bits per heavy atom. The van der Waals surface area contributed by atoms with Crippen LogP contribution in [0.3, 0.4) is 0 Å². The van der Waals surface area contributed by atoms with Crippen LogP contribution in [0.25, 0.3) is 0 Å². The van der Waals surface area contributed by atoms with E-state index in [2.05, 4.69) is 0 Å². The van der Waals surface area contributed by atoms with Gasteiger partial charge in [-0.25, -0.2) is 8.42 Å². The summed E-state index contributed by atoms with van der Waals surface area (Å²) in [5.74, 6) is 0.773. The highest BCUT2D eigenvalue weighted by molar-refractivity contribution is 7.92. The molecule has 2 atom stereocenters. The van der Waals surface area contributed by atoms with Crippen LogP contribution in [0.1, 0.15) is 40.5 Å². The third-order valence-electron chi connectivity index (χ3n) is 2.20. The van der Waals surface area contributed by atoms with Gasteiger partial charge >= 0.3 is 0 Å². The normalized spacial score (nSPS) is 33.3. The minimum Gasteiger partial charge on any atom is -0.229 e. The molecule has 0 aromatic carbocycles. The number of hydrogen-bond donors (Lipinski definition) is 0. The summed E-state index contributed by atoms with van der Waals surface area (Å²) >= 11 is 0. The molecule has 0 saturated carbocycles. The van der Waals surface area contributed by atoms with Crippen molar-refractivity contribution in [2.45, 2.75) is 45.8 Å². The molecular formula is C9H20O2S. The van der Waals surface area contributed by atoms with E-state index in [1.165, 1.54) is 0 Å². The molecule has 0 aromatic heterocycles. The minimum atomic E-state index is -2.71. The maximum atomic E-state index is 11.2. The first kappa shape index (κ1) is 11.9. The number of rotatable bonds is 0. The zero-order valence-electron chi connectivity index (χ0n) is 8.50. The van der Waals surface area contributed by atoms with Gasteiger partial charge in [0.2, 0.25) is 0 Å². The van der Waals surface area contributed by atoms with E-state index in [4.69, 9.17) is 0 Å². The van der Waals surface area contributed by atoms with Gasteiger partial charge in [0.05, 0.1) is 11.0 Å². The summed E-state index contributed by atoms with van der Waals surface area (Å²) in [4.78, 5) is 0. The topological polar surface area (TPSA) is 34.1 Å². The van der Waals surface area contributed by atoms with Crippen LogP contribution in [0.2, 0.25) is 0 Å². The average Bonchev–Trinajstić information content (AvgIpc) is 2.01. The third-order valence-corrected chi connectivity index (χ3v) is 4.69. The molecular weight excluding hydrogens is 172 g/mol. The predicted molar refractivity (Wildman–Crippen MR) is 53.0 cm³/mol. The summed E-state index contributed by atoms with van der Waals surface area (Å²) in [6.07, 6.45) is 1.92. The lowest BCUT2D eigenvalue weighted by molar-refractivity contribution is 0.486. The smallest absolute Gasteiger partial charge is 0.153 e. The van der Waals surface area contributed by atoms with Gasteiger partial charge in [0.1, 0.15) is 0 Å². The second kappa shape index (κ2) is 4.85. The standard InChI is InChI=1S/C7H14O2S.C2H6/c1-6-3-4-7(2)10(8,9)5-6;1-2/h6-7H,3-5H2,1-2H3;1-2H3. The maximum Gasteiger partial charge on any atom is 0.153 e. The van der Waals surface area contributed by atoms with Gasteiger partial charge in [-0.15, -0.1) is 0 Å². The van der Waals surface area contributed by atoms with Crippen LogP contribution < -0.4 is 0 Å². The summed E-state index contributed by atoms with van der Waals surface area (Å²) in [6.45, 7) is 7.81. The van der Waals surface area contributed by atoms with Crippen LogP contribution in [0, 0.1) is 5.92 Å². The van der Waals surface area contributed by atoms with E-state index in [1.54, 1.807) is 6.92 Å². The Kier molecular flexibility index (Phi) is 4.83. The van der Waals surface area contributed by atoms with Crippen LogP contribution in [0.5, 0.6) is 0 Å². The highest BCUT2D eigenvalue weighted by atomic mass is 32.2. The van der Waals surface area contributed by atoms with Crippen molar-refractivity contribution in [2.24, 2.45) is 5.92 Å². The molecule has 2 unspecified atom stereocenters. The predicted octanol–water partition coefficient (Wildman–Crippen LogP) is 2.25. The van der Waals surface area contributed by atoms with E-state index in [0.29, 0.717) is 11.7 Å². The van der Waals surface area contributed by atoms with E-state index >= 15 is 0 Å². The number of sulfone groups is 1. The zero-order chi connectivity index (χ0) is 9.78. The minimum absolute atomic E-state index is 0.0938. The first-order valence-corrected chi connectivity index (χ1v) is 6.45. The fourth-order valence-electron chi connectivity index (χ4n) is 1.34. The van der Waals surface area contributed by atoms with E-state index in [0.717, 1.165) is 12.8 Å². The summed E-state index contributed by atoms with van der Waals surface area (Å²) in [5.41, 5.74) is 0. The molecule has 0 aromatic rings. The Bertz CT molecular complexity index is 207. The SMILES string of the molecule is CC.CC1CCC(C)S(=O)(=O)C1. The largest absolute Gasteiger partial charge is 0.229 e. The lowest BCUT2D eigenvalue weighted by Gasteiger charge is -2.23. The van der Waals surface area contributed by atoms with E-state index < -0.39 is 9.84 Å². The Morgan fingerprint density at radius 3 is 1.92 bits per heavy atom. The first-order chi connectivity index (χ1) is 5.52. The Labute approximate surface area is 76.3 Å². The molecule has 1 aliphatic rings. The summed E-state index contributed by atoms with van der Waals surface area (Å²) in [7, 11) is -2.71. The van der Waals surface area contributed by atoms with E-state index in [-0.39, 0.29) is 5.25 Å². The summed E-state index contributed by atoms with van der Waals surface area (Å²) < 4.78 is 22.4. The van der Waals surface area contributed by atoms with Crippen LogP contribution in [0.4, 0.5) is 0 Å². The zero-order valence-corrected chi connectivity index (χ0v) is 9.32. The van der Waals surface area contributed by atoms with Crippen molar-refractivity contribution < 1.29 is 8.42 Å². The molecule has 2 nitrogen and oxygen atoms in total. The summed E-state index contributed by atoms with van der Waals surface area (Å²) in [6, 6.07) is 0. The third kappa shape index (κ3) is 3.13. The molecule has 1 aliphatic heterocycles. The Morgan fingerprint density at radius 2 is 1.58 bits per heavy atom. The molecule has 1 rings (SSSR count). The maximum absolute atomic E-state index is 11.2. The van der Waals surface area contributed by atoms with Gasteiger partial charge in [-0.3, -0.25) is 0 Å². The van der Waals surface area contributed by atoms with Gasteiger partial charge in [-0.1, -0.05) is 20.8 Å². The molecule has 0 amide bonds. The van der Waals surface area contributed by atoms with Gasteiger partial charge in [-0.05, 0) is 25.7 Å². The second-order valence-electron chi connectivity index (χ2n) is 3.32. The van der Waals surface area contributed by atoms with Crippen molar-refractivity contribution in [3.8, 4) is 0 Å². The molecule has 1 heterocycles. The first-order valence-electron chi connectivity index (χ1n) is 4.74. The molecule has 3 heteroatoms. The Balaban J connectivity index is 0.000000561. The molecule has 1 saturated heterocycles. The van der Waals surface area contributed by atoms with Crippen molar-refractivity contribution in [1.29, 1.82) is 0 Å². The van der Waals surface area contributed by atoms with Gasteiger partial charge in [-0.2, -0.15) is 0 Å². The van der Waals surface area contributed by atoms with Gasteiger partial charge in [0.15, 0.2) is 9.84 Å². The van der Waals surface area contributed by atoms with Gasteiger partial charge < -0.3 is 0 Å². The van der Waals surface area contributed by atoms with Crippen LogP contribution in [0.15, 0.2) is 0 Å². The van der Waals surface area contributed by atoms with Crippen LogP contribution >= 0.6 is 0 Å². The van der Waals surface area contributed by atoms with Crippen molar-refractivity contribution >= 4 is 9.84 Å². The Hall–Kier alpha value is -0.0500. The van der Waals surface area contributed by atoms with Crippen molar-refractivity contribution in [3.05, 3.63) is 0 Å². The average molecular weight is 192 g/mol. The fraction of sp³-hybridized carbons (Fsp3) is 1.00. The van der Waals surface area contributed by atoms with Gasteiger partial charge in [0, 0.05) is 0 Å². The molecule has 74 valence electrons. The van der Waals surface area contributed by atoms with Crippen LogP contribution in [-0.2, 0) is 9.84 Å². The quantitative estimate of drug-likeness (QED) is 0.590. The number of hydrogen-bond acceptors (Lipinski definition) is 2. The molecule has 0 N–H and O–H groups in total. The lowest BCUT2D eigenvalue weighted by Crippen LogP contribution is -2.30. The van der Waals surface area contributed by atoms with Crippen molar-refractivity contribution in [3.63, 3.8) is 0 Å². The van der Waals surface area contributed by atoms with E-state index in [9.17, 15) is 8.42 Å². The molecule has 0 aliphatic carbocycles. The fourth-order valence-corrected chi connectivity index (χ4v) is 3.13. The molecule has 1 fully saturated rings. The molecule has 0 bridgehead atoms. The van der Waals surface area contributed by atoms with E-state index in [1.807, 2.05) is 20.8 Å². The summed E-state index contributed by atoms with van der Waals surface area (Å²) in [5, 5.41) is -0.0938. The van der Waals surface area contributed by atoms with Crippen LogP contribution in [-0.4, -0.2) is 19.4 Å². The van der Waals surface area contributed by atoms with Gasteiger partial charge in [0.25, 0.3) is 0 Å². The van der Waals surface area contributed by atoms with Crippen molar-refractivity contribution in [1.82, 2.24) is 0 Å². The molecule has 0 radical (unpaired) electrons. The van der Waals surface area contributed by atoms with Crippen molar-refractivity contribution in [2.75, 3.05) is 5.75 Å². The monoisotopic (exact) mass is 192 g/mol. The molecule has 12 heavy (non-hydrogen) atoms. The highest BCUT2D eigenvalue weighted by Crippen LogP contribution is 2.22. The lowest BCUT2D eigenvalue weighted by atomic mass is 10.1. The highest BCUT2D eigenvalue weighted by Gasteiger charge is 2.28. The molecule has 0 spiro atoms. The second-order valence-corrected chi connectivity index (χ2v) is 5.79.